The van der Waals surface area contributed by atoms with Gasteiger partial charge in [-0.3, -0.25) is 4.79 Å². The number of piperidine rings is 1. The molecule has 2 unspecified atom stereocenters. The monoisotopic (exact) mass is 552 g/mol. The molecule has 4 rings (SSSR count). The minimum Gasteiger partial charge on any atom is -0.497 e. The molecule has 1 aliphatic heterocycles. The lowest BCUT2D eigenvalue weighted by atomic mass is 9.91. The highest BCUT2D eigenvalue weighted by Gasteiger charge is 2.34. The van der Waals surface area contributed by atoms with Gasteiger partial charge in [-0.05, 0) is 80.2 Å². The molecular formula is C32H44N2O6. The summed E-state index contributed by atoms with van der Waals surface area (Å²) < 4.78 is 17.2. The number of aliphatic carboxylic acids is 1. The molecule has 1 saturated carbocycles. The molecule has 2 aromatic rings. The van der Waals surface area contributed by atoms with Crippen molar-refractivity contribution in [2.45, 2.75) is 57.1 Å². The van der Waals surface area contributed by atoms with E-state index in [1.165, 1.54) is 0 Å². The molecule has 3 N–H and O–H groups in total. The van der Waals surface area contributed by atoms with Gasteiger partial charge in [-0.1, -0.05) is 18.7 Å². The Bertz CT molecular complexity index is 1140. The molecule has 1 aliphatic carbocycles. The van der Waals surface area contributed by atoms with E-state index >= 15 is 0 Å². The molecule has 0 spiro atoms. The molecular weight excluding hydrogens is 508 g/mol. The standard InChI is InChI=1S/C32H44N2O6/c1-21(33-30(19-35)22(2)38-3)28-11-10-26(39-4)17-31(28)34-14-12-23(13-15-34)20-40-27-7-5-6-25(16-27)29(18-32(36)37)24-8-9-24/h5-7,10-11,16-17,22-24,29-30,33,35H,1,8-9,12-15,18-20H2,2-4H3,(H,36,37)/t22?,29?,30-/m1/s1. The van der Waals surface area contributed by atoms with E-state index in [1.807, 2.05) is 49.4 Å². The third kappa shape index (κ3) is 7.70. The molecule has 0 aromatic heterocycles. The fraction of sp³-hybridized carbons (Fsp3) is 0.531. The maximum atomic E-state index is 11.4. The van der Waals surface area contributed by atoms with Gasteiger partial charge >= 0.3 is 5.97 Å². The number of nitrogens with zero attached hydrogens (tertiary/aromatic N) is 1. The molecule has 0 radical (unpaired) electrons. The fourth-order valence-electron chi connectivity index (χ4n) is 5.57. The van der Waals surface area contributed by atoms with E-state index in [4.69, 9.17) is 14.2 Å². The van der Waals surface area contributed by atoms with Crippen LogP contribution in [0.25, 0.3) is 5.70 Å². The highest BCUT2D eigenvalue weighted by atomic mass is 16.5. The smallest absolute Gasteiger partial charge is 0.303 e. The third-order valence-electron chi connectivity index (χ3n) is 8.34. The van der Waals surface area contributed by atoms with Crippen LogP contribution in [0.2, 0.25) is 0 Å². The van der Waals surface area contributed by atoms with Crippen LogP contribution < -0.4 is 19.7 Å². The van der Waals surface area contributed by atoms with Crippen LogP contribution in [-0.4, -0.2) is 68.9 Å². The minimum absolute atomic E-state index is 0.0609. The Morgan fingerprint density at radius 3 is 2.48 bits per heavy atom. The topological polar surface area (TPSA) is 100 Å². The van der Waals surface area contributed by atoms with Crippen molar-refractivity contribution in [1.29, 1.82) is 0 Å². The van der Waals surface area contributed by atoms with Gasteiger partial charge in [-0.15, -0.1) is 0 Å². The average Bonchev–Trinajstić information content (AvgIpc) is 3.82. The number of nitrogens with one attached hydrogen (secondary N) is 1. The minimum atomic E-state index is -0.744. The number of hydrogen-bond acceptors (Lipinski definition) is 7. The largest absolute Gasteiger partial charge is 0.497 e. The van der Waals surface area contributed by atoms with E-state index in [0.717, 1.165) is 72.8 Å². The molecule has 0 amide bonds. The van der Waals surface area contributed by atoms with Crippen LogP contribution in [0.1, 0.15) is 56.1 Å². The molecule has 2 aliphatic rings. The molecule has 8 heteroatoms. The van der Waals surface area contributed by atoms with Crippen LogP contribution in [0.5, 0.6) is 11.5 Å². The number of carboxylic acid groups (broad SMARTS) is 1. The molecule has 218 valence electrons. The van der Waals surface area contributed by atoms with Crippen LogP contribution >= 0.6 is 0 Å². The number of aliphatic hydroxyl groups excluding tert-OH is 1. The first-order chi connectivity index (χ1) is 19.3. The first kappa shape index (κ1) is 29.7. The van der Waals surface area contributed by atoms with Crippen LogP contribution in [0.3, 0.4) is 0 Å². The second kappa shape index (κ2) is 13.9. The number of rotatable bonds is 15. The molecule has 3 atom stereocenters. The number of anilines is 1. The summed E-state index contributed by atoms with van der Waals surface area (Å²) in [6.07, 6.45) is 4.19. The summed E-state index contributed by atoms with van der Waals surface area (Å²) in [5, 5.41) is 22.5. The normalized spacial score (nSPS) is 18.1. The van der Waals surface area contributed by atoms with Crippen molar-refractivity contribution >= 4 is 17.4 Å². The van der Waals surface area contributed by atoms with Gasteiger partial charge in [0.25, 0.3) is 0 Å². The number of aliphatic hydroxyl groups is 1. The van der Waals surface area contributed by atoms with E-state index in [2.05, 4.69) is 16.8 Å². The van der Waals surface area contributed by atoms with E-state index in [9.17, 15) is 15.0 Å². The first-order valence-corrected chi connectivity index (χ1v) is 14.3. The Morgan fingerprint density at radius 1 is 1.10 bits per heavy atom. The van der Waals surface area contributed by atoms with Gasteiger partial charge in [0, 0.05) is 43.2 Å². The van der Waals surface area contributed by atoms with Gasteiger partial charge < -0.3 is 34.6 Å². The molecule has 2 fully saturated rings. The maximum absolute atomic E-state index is 11.4. The second-order valence-corrected chi connectivity index (χ2v) is 11.1. The lowest BCUT2D eigenvalue weighted by Crippen LogP contribution is -2.41. The van der Waals surface area contributed by atoms with Crippen molar-refractivity contribution in [2.75, 3.05) is 45.4 Å². The Labute approximate surface area is 237 Å². The van der Waals surface area contributed by atoms with E-state index in [1.54, 1.807) is 14.2 Å². The fourth-order valence-corrected chi connectivity index (χ4v) is 5.57. The number of methoxy groups -OCH3 is 2. The quantitative estimate of drug-likeness (QED) is 0.287. The van der Waals surface area contributed by atoms with Crippen LogP contribution in [0, 0.1) is 11.8 Å². The zero-order valence-electron chi connectivity index (χ0n) is 24.0. The van der Waals surface area contributed by atoms with E-state index < -0.39 is 5.97 Å². The zero-order valence-corrected chi connectivity index (χ0v) is 24.0. The summed E-state index contributed by atoms with van der Waals surface area (Å²) in [6, 6.07) is 13.7. The summed E-state index contributed by atoms with van der Waals surface area (Å²) >= 11 is 0. The summed E-state index contributed by atoms with van der Waals surface area (Å²) in [5.41, 5.74) is 3.83. The number of ether oxygens (including phenoxy) is 3. The van der Waals surface area contributed by atoms with Gasteiger partial charge in [0.2, 0.25) is 0 Å². The predicted octanol–water partition coefficient (Wildman–Crippen LogP) is 4.92. The number of carboxylic acids is 1. The summed E-state index contributed by atoms with van der Waals surface area (Å²) in [5.74, 6) is 1.82. The summed E-state index contributed by atoms with van der Waals surface area (Å²) in [6.45, 7) is 8.52. The Morgan fingerprint density at radius 2 is 1.85 bits per heavy atom. The number of carbonyl (C=O) groups is 1. The molecule has 2 aromatic carbocycles. The van der Waals surface area contributed by atoms with Crippen molar-refractivity contribution in [3.8, 4) is 11.5 Å². The van der Waals surface area contributed by atoms with Gasteiger partial charge in [0.05, 0.1) is 38.9 Å². The van der Waals surface area contributed by atoms with Crippen LogP contribution in [-0.2, 0) is 9.53 Å². The maximum Gasteiger partial charge on any atom is 0.303 e. The highest BCUT2D eigenvalue weighted by Crippen LogP contribution is 2.45. The van der Waals surface area contributed by atoms with Gasteiger partial charge in [-0.2, -0.15) is 0 Å². The molecule has 40 heavy (non-hydrogen) atoms. The van der Waals surface area contributed by atoms with Crippen LogP contribution in [0.4, 0.5) is 5.69 Å². The van der Waals surface area contributed by atoms with Crippen LogP contribution in [0.15, 0.2) is 49.0 Å². The highest BCUT2D eigenvalue weighted by molar-refractivity contribution is 5.76. The zero-order chi connectivity index (χ0) is 28.6. The van der Waals surface area contributed by atoms with Crippen molar-refractivity contribution < 1.29 is 29.2 Å². The summed E-state index contributed by atoms with van der Waals surface area (Å²) in [4.78, 5) is 13.8. The average molecular weight is 553 g/mol. The van der Waals surface area contributed by atoms with Crippen molar-refractivity contribution in [1.82, 2.24) is 5.32 Å². The first-order valence-electron chi connectivity index (χ1n) is 14.3. The molecule has 1 heterocycles. The Kier molecular flexibility index (Phi) is 10.3. The number of benzene rings is 2. The van der Waals surface area contributed by atoms with Crippen molar-refractivity contribution in [3.63, 3.8) is 0 Å². The lowest BCUT2D eigenvalue weighted by molar-refractivity contribution is -0.137. The molecule has 8 nitrogen and oxygen atoms in total. The summed E-state index contributed by atoms with van der Waals surface area (Å²) in [7, 11) is 3.30. The second-order valence-electron chi connectivity index (χ2n) is 11.1. The molecule has 0 bridgehead atoms. The van der Waals surface area contributed by atoms with Gasteiger partial charge in [0.15, 0.2) is 0 Å². The predicted molar refractivity (Wildman–Crippen MR) is 157 cm³/mol. The SMILES string of the molecule is C=C(N[C@H](CO)C(C)OC)c1ccc(OC)cc1N1CCC(COc2cccc(C(CC(=O)O)C3CC3)c2)CC1. The lowest BCUT2D eigenvalue weighted by Gasteiger charge is -2.35. The van der Waals surface area contributed by atoms with E-state index in [-0.39, 0.29) is 31.1 Å². The Hall–Kier alpha value is -3.23. The van der Waals surface area contributed by atoms with Gasteiger partial charge in [0.1, 0.15) is 11.5 Å². The van der Waals surface area contributed by atoms with Gasteiger partial charge in [-0.25, -0.2) is 0 Å². The van der Waals surface area contributed by atoms with E-state index in [0.29, 0.717) is 18.4 Å². The van der Waals surface area contributed by atoms with Crippen molar-refractivity contribution in [2.24, 2.45) is 11.8 Å². The molecule has 1 saturated heterocycles. The third-order valence-corrected chi connectivity index (χ3v) is 8.34. The Balaban J connectivity index is 1.37. The number of hydrogen-bond donors (Lipinski definition) is 3. The van der Waals surface area contributed by atoms with Crippen molar-refractivity contribution in [3.05, 3.63) is 60.2 Å².